The Labute approximate surface area is 131 Å². The lowest BCUT2D eigenvalue weighted by atomic mass is 9.83. The third kappa shape index (κ3) is 2.35. The minimum absolute atomic E-state index is 0.239. The van der Waals surface area contributed by atoms with E-state index in [0.717, 1.165) is 24.0 Å². The fourth-order valence-corrected chi connectivity index (χ4v) is 4.01. The van der Waals surface area contributed by atoms with Crippen LogP contribution < -0.4 is 0 Å². The highest BCUT2D eigenvalue weighted by molar-refractivity contribution is 9.10. The van der Waals surface area contributed by atoms with Crippen molar-refractivity contribution in [3.05, 3.63) is 27.2 Å². The lowest BCUT2D eigenvalue weighted by Gasteiger charge is -2.28. The molecule has 0 saturated heterocycles. The molecular weight excluding hydrogens is 339 g/mol. The third-order valence-electron chi connectivity index (χ3n) is 4.72. The molecule has 0 bridgehead atoms. The van der Waals surface area contributed by atoms with Gasteiger partial charge < -0.3 is 9.55 Å². The van der Waals surface area contributed by atoms with E-state index in [0.29, 0.717) is 14.7 Å². The van der Waals surface area contributed by atoms with Crippen LogP contribution in [0.3, 0.4) is 0 Å². The molecule has 1 aliphatic rings. The zero-order chi connectivity index (χ0) is 14.3. The molecule has 0 aliphatic heterocycles. The van der Waals surface area contributed by atoms with Gasteiger partial charge in [-0.1, -0.05) is 19.8 Å². The molecule has 108 valence electrons. The van der Waals surface area contributed by atoms with Gasteiger partial charge in [-0.05, 0) is 58.9 Å². The maximum Gasteiger partial charge on any atom is 0.178 e. The number of aromatic nitrogens is 2. The highest BCUT2D eigenvalue weighted by atomic mass is 79.9. The summed E-state index contributed by atoms with van der Waals surface area (Å²) in [6.07, 6.45) is 6.24. The number of imidazole rings is 1. The number of hydrogen-bond acceptors (Lipinski definition) is 1. The van der Waals surface area contributed by atoms with E-state index < -0.39 is 0 Å². The van der Waals surface area contributed by atoms with Gasteiger partial charge in [0.1, 0.15) is 5.82 Å². The number of hydrogen-bond donors (Lipinski definition) is 1. The van der Waals surface area contributed by atoms with Crippen LogP contribution in [-0.4, -0.2) is 9.55 Å². The lowest BCUT2D eigenvalue weighted by Crippen LogP contribution is -2.22. The molecule has 1 N–H and O–H groups in total. The number of H-pyrrole nitrogens is 1. The van der Waals surface area contributed by atoms with E-state index in [4.69, 9.17) is 12.2 Å². The second-order valence-corrected chi connectivity index (χ2v) is 7.10. The molecule has 0 spiro atoms. The molecule has 5 heteroatoms. The summed E-state index contributed by atoms with van der Waals surface area (Å²) < 4.78 is 17.1. The molecule has 0 unspecified atom stereocenters. The Morgan fingerprint density at radius 3 is 2.75 bits per heavy atom. The van der Waals surface area contributed by atoms with Crippen molar-refractivity contribution in [3.63, 3.8) is 0 Å². The van der Waals surface area contributed by atoms with Crippen LogP contribution in [0.5, 0.6) is 0 Å². The summed E-state index contributed by atoms with van der Waals surface area (Å²) in [6, 6.07) is 3.34. The van der Waals surface area contributed by atoms with Crippen LogP contribution in [0.25, 0.3) is 11.0 Å². The number of benzene rings is 1. The molecular formula is C15H18BrFN2S. The van der Waals surface area contributed by atoms with Gasteiger partial charge in [-0.25, -0.2) is 4.39 Å². The van der Waals surface area contributed by atoms with E-state index in [2.05, 4.69) is 32.4 Å². The molecule has 20 heavy (non-hydrogen) atoms. The average molecular weight is 357 g/mol. The van der Waals surface area contributed by atoms with Gasteiger partial charge in [-0.15, -0.1) is 0 Å². The van der Waals surface area contributed by atoms with Crippen molar-refractivity contribution in [2.24, 2.45) is 5.41 Å². The Morgan fingerprint density at radius 2 is 2.10 bits per heavy atom. The summed E-state index contributed by atoms with van der Waals surface area (Å²) in [5.41, 5.74) is 2.10. The molecule has 1 heterocycles. The van der Waals surface area contributed by atoms with Gasteiger partial charge in [0.05, 0.1) is 15.5 Å². The summed E-state index contributed by atoms with van der Waals surface area (Å²) in [5, 5.41) is 0. The fraction of sp³-hybridized carbons (Fsp3) is 0.533. The van der Waals surface area contributed by atoms with Crippen LogP contribution in [0.2, 0.25) is 0 Å². The topological polar surface area (TPSA) is 20.7 Å². The summed E-state index contributed by atoms with van der Waals surface area (Å²) in [6.45, 7) is 3.14. The number of nitrogens with one attached hydrogen (secondary N) is 1. The first-order valence-electron chi connectivity index (χ1n) is 7.12. The predicted octanol–water partition coefficient (Wildman–Crippen LogP) is 5.57. The Morgan fingerprint density at radius 1 is 1.40 bits per heavy atom. The first-order valence-corrected chi connectivity index (χ1v) is 8.32. The SMILES string of the molecule is CCC1(Cn2c(=S)[nH]c3cc(Br)c(F)cc32)CCCC1. The van der Waals surface area contributed by atoms with Crippen LogP contribution in [0.4, 0.5) is 4.39 Å². The van der Waals surface area contributed by atoms with Gasteiger partial charge in [0.2, 0.25) is 0 Å². The quantitative estimate of drug-likeness (QED) is 0.712. The lowest BCUT2D eigenvalue weighted by molar-refractivity contribution is 0.239. The Bertz CT molecular complexity index is 698. The number of nitrogens with zero attached hydrogens (tertiary/aromatic N) is 1. The molecule has 1 aromatic heterocycles. The number of halogens is 2. The van der Waals surface area contributed by atoms with E-state index in [1.165, 1.54) is 25.7 Å². The summed E-state index contributed by atoms with van der Waals surface area (Å²) in [7, 11) is 0. The standard InChI is InChI=1S/C15H18BrFN2S/c1-2-15(5-3-4-6-15)9-19-13-8-11(17)10(16)7-12(13)18-14(19)20/h7-8H,2-6,9H2,1H3,(H,18,20). The smallest absolute Gasteiger partial charge is 0.178 e. The van der Waals surface area contributed by atoms with E-state index in [1.54, 1.807) is 12.1 Å². The summed E-state index contributed by atoms with van der Waals surface area (Å²) >= 11 is 8.67. The van der Waals surface area contributed by atoms with Crippen molar-refractivity contribution < 1.29 is 4.39 Å². The molecule has 1 saturated carbocycles. The molecule has 2 nitrogen and oxygen atoms in total. The van der Waals surface area contributed by atoms with E-state index in [-0.39, 0.29) is 5.82 Å². The largest absolute Gasteiger partial charge is 0.331 e. The average Bonchev–Trinajstić information content (AvgIpc) is 2.99. The Hall–Kier alpha value is -0.680. The zero-order valence-corrected chi connectivity index (χ0v) is 13.9. The number of aromatic amines is 1. The minimum atomic E-state index is -0.239. The van der Waals surface area contributed by atoms with Crippen LogP contribution in [-0.2, 0) is 6.54 Å². The maximum absolute atomic E-state index is 13.8. The molecule has 0 amide bonds. The van der Waals surface area contributed by atoms with Crippen molar-refractivity contribution in [2.75, 3.05) is 0 Å². The van der Waals surface area contributed by atoms with Gasteiger partial charge in [0.25, 0.3) is 0 Å². The number of rotatable bonds is 3. The van der Waals surface area contributed by atoms with Crippen LogP contribution in [0.15, 0.2) is 16.6 Å². The van der Waals surface area contributed by atoms with Gasteiger partial charge in [0, 0.05) is 12.6 Å². The first kappa shape index (κ1) is 14.3. The summed E-state index contributed by atoms with van der Waals surface area (Å²) in [5.74, 6) is -0.239. The zero-order valence-electron chi connectivity index (χ0n) is 11.5. The van der Waals surface area contributed by atoms with Crippen LogP contribution in [0.1, 0.15) is 39.0 Å². The second-order valence-electron chi connectivity index (χ2n) is 5.86. The molecule has 1 aliphatic carbocycles. The van der Waals surface area contributed by atoms with Crippen molar-refractivity contribution >= 4 is 39.2 Å². The van der Waals surface area contributed by atoms with Gasteiger partial charge >= 0.3 is 0 Å². The molecule has 1 fully saturated rings. The van der Waals surface area contributed by atoms with Crippen molar-refractivity contribution in [2.45, 2.75) is 45.6 Å². The highest BCUT2D eigenvalue weighted by Crippen LogP contribution is 2.43. The van der Waals surface area contributed by atoms with E-state index in [1.807, 2.05) is 0 Å². The Kier molecular flexibility index (Phi) is 3.75. The van der Waals surface area contributed by atoms with Crippen molar-refractivity contribution in [3.8, 4) is 0 Å². The third-order valence-corrected chi connectivity index (χ3v) is 5.65. The first-order chi connectivity index (χ1) is 9.54. The van der Waals surface area contributed by atoms with E-state index >= 15 is 0 Å². The second kappa shape index (κ2) is 5.26. The molecule has 1 aromatic carbocycles. The number of fused-ring (bicyclic) bond motifs is 1. The predicted molar refractivity (Wildman–Crippen MR) is 86.0 cm³/mol. The highest BCUT2D eigenvalue weighted by Gasteiger charge is 2.33. The minimum Gasteiger partial charge on any atom is -0.331 e. The van der Waals surface area contributed by atoms with Crippen molar-refractivity contribution in [1.82, 2.24) is 9.55 Å². The molecule has 0 atom stereocenters. The van der Waals surface area contributed by atoms with Gasteiger partial charge in [-0.3, -0.25) is 0 Å². The Balaban J connectivity index is 2.09. The molecule has 2 aromatic rings. The maximum atomic E-state index is 13.8. The monoisotopic (exact) mass is 356 g/mol. The van der Waals surface area contributed by atoms with Gasteiger partial charge in [-0.2, -0.15) is 0 Å². The van der Waals surface area contributed by atoms with E-state index in [9.17, 15) is 4.39 Å². The summed E-state index contributed by atoms with van der Waals surface area (Å²) in [4.78, 5) is 3.19. The fourth-order valence-electron chi connectivity index (χ4n) is 3.39. The molecule has 3 rings (SSSR count). The van der Waals surface area contributed by atoms with Crippen LogP contribution >= 0.6 is 28.1 Å². The van der Waals surface area contributed by atoms with Crippen LogP contribution in [0, 0.1) is 16.0 Å². The molecule has 0 radical (unpaired) electrons. The normalized spacial score (nSPS) is 17.9. The van der Waals surface area contributed by atoms with Gasteiger partial charge in [0.15, 0.2) is 4.77 Å². The van der Waals surface area contributed by atoms with Crippen molar-refractivity contribution in [1.29, 1.82) is 0 Å².